The van der Waals surface area contributed by atoms with Gasteiger partial charge in [-0.15, -0.1) is 11.8 Å². The molecule has 0 spiro atoms. The lowest BCUT2D eigenvalue weighted by Crippen LogP contribution is -2.39. The zero-order valence-electron chi connectivity index (χ0n) is 16.0. The number of nitrogens with zero attached hydrogens (tertiary/aromatic N) is 1. The summed E-state index contributed by atoms with van der Waals surface area (Å²) >= 11 is 15.4. The SMILES string of the molecule is CSc1ccc(S(=O)(=O)N(C)CC(=O)NCCSCc2c(Cl)cccc2Cl)cc1. The Morgan fingerprint density at radius 2 is 1.72 bits per heavy atom. The second-order valence-electron chi connectivity index (χ2n) is 6.04. The molecule has 0 aliphatic heterocycles. The van der Waals surface area contributed by atoms with Gasteiger partial charge in [-0.05, 0) is 48.2 Å². The molecule has 0 aliphatic carbocycles. The lowest BCUT2D eigenvalue weighted by atomic mass is 10.2. The highest BCUT2D eigenvalue weighted by atomic mass is 35.5. The van der Waals surface area contributed by atoms with E-state index in [2.05, 4.69) is 5.32 Å². The molecular formula is C19H22Cl2N2O3S3. The molecule has 1 N–H and O–H groups in total. The summed E-state index contributed by atoms with van der Waals surface area (Å²) < 4.78 is 26.2. The van der Waals surface area contributed by atoms with Crippen molar-refractivity contribution in [1.82, 2.24) is 9.62 Å². The average Bonchev–Trinajstić information content (AvgIpc) is 2.69. The average molecular weight is 494 g/mol. The van der Waals surface area contributed by atoms with Gasteiger partial charge in [-0.1, -0.05) is 29.3 Å². The number of hydrogen-bond acceptors (Lipinski definition) is 5. The van der Waals surface area contributed by atoms with Gasteiger partial charge >= 0.3 is 0 Å². The molecule has 0 saturated heterocycles. The fourth-order valence-corrected chi connectivity index (χ4v) is 5.51. The largest absolute Gasteiger partial charge is 0.354 e. The molecule has 158 valence electrons. The lowest BCUT2D eigenvalue weighted by Gasteiger charge is -2.17. The molecule has 0 heterocycles. The van der Waals surface area contributed by atoms with Crippen LogP contribution in [0.5, 0.6) is 0 Å². The number of rotatable bonds is 10. The van der Waals surface area contributed by atoms with Gasteiger partial charge in [0, 0.05) is 40.0 Å². The molecule has 0 aliphatic rings. The van der Waals surface area contributed by atoms with Crippen LogP contribution in [0.25, 0.3) is 0 Å². The molecule has 2 rings (SSSR count). The van der Waals surface area contributed by atoms with Gasteiger partial charge in [0.25, 0.3) is 0 Å². The molecule has 0 atom stereocenters. The van der Waals surface area contributed by atoms with Crippen LogP contribution in [0.15, 0.2) is 52.3 Å². The Balaban J connectivity index is 1.78. The third-order valence-electron chi connectivity index (χ3n) is 4.01. The van der Waals surface area contributed by atoms with Gasteiger partial charge in [0.1, 0.15) is 0 Å². The van der Waals surface area contributed by atoms with Gasteiger partial charge in [0.05, 0.1) is 11.4 Å². The molecule has 0 saturated carbocycles. The van der Waals surface area contributed by atoms with Gasteiger partial charge in [0.15, 0.2) is 0 Å². The van der Waals surface area contributed by atoms with Crippen LogP contribution in [0.2, 0.25) is 10.0 Å². The highest BCUT2D eigenvalue weighted by Crippen LogP contribution is 2.28. The minimum atomic E-state index is -3.71. The molecule has 0 unspecified atom stereocenters. The maximum atomic E-state index is 12.6. The van der Waals surface area contributed by atoms with Gasteiger partial charge in [0.2, 0.25) is 15.9 Å². The number of amides is 1. The molecule has 5 nitrogen and oxygen atoms in total. The van der Waals surface area contributed by atoms with E-state index in [0.717, 1.165) is 14.8 Å². The van der Waals surface area contributed by atoms with Crippen LogP contribution in [-0.2, 0) is 20.6 Å². The lowest BCUT2D eigenvalue weighted by molar-refractivity contribution is -0.121. The maximum Gasteiger partial charge on any atom is 0.243 e. The monoisotopic (exact) mass is 492 g/mol. The van der Waals surface area contributed by atoms with E-state index in [1.54, 1.807) is 54.2 Å². The van der Waals surface area contributed by atoms with Crippen LogP contribution < -0.4 is 5.32 Å². The molecular weight excluding hydrogens is 471 g/mol. The van der Waals surface area contributed by atoms with E-state index in [-0.39, 0.29) is 17.3 Å². The number of thioether (sulfide) groups is 2. The van der Waals surface area contributed by atoms with E-state index in [9.17, 15) is 13.2 Å². The third-order valence-corrected chi connectivity index (χ3v) is 8.27. The Bertz CT molecular complexity index is 918. The summed E-state index contributed by atoms with van der Waals surface area (Å²) in [6.45, 7) is 0.176. The fourth-order valence-electron chi connectivity index (χ4n) is 2.38. The molecule has 0 bridgehead atoms. The van der Waals surface area contributed by atoms with Crippen LogP contribution in [-0.4, -0.2) is 50.8 Å². The number of nitrogens with one attached hydrogen (secondary N) is 1. The third kappa shape index (κ3) is 7.08. The zero-order valence-corrected chi connectivity index (χ0v) is 20.0. The van der Waals surface area contributed by atoms with Crippen molar-refractivity contribution in [3.05, 3.63) is 58.1 Å². The quantitative estimate of drug-likeness (QED) is 0.393. The van der Waals surface area contributed by atoms with Crippen LogP contribution in [0.4, 0.5) is 0 Å². The molecule has 0 radical (unpaired) electrons. The standard InChI is InChI=1S/C19H22Cl2N2O3S3/c1-23(29(25,26)15-8-6-14(27-2)7-9-15)12-19(24)22-10-11-28-13-16-17(20)4-3-5-18(16)21/h3-9H,10-13H2,1-2H3,(H,22,24). The normalized spacial score (nSPS) is 11.6. The molecule has 10 heteroatoms. The number of benzene rings is 2. The number of sulfonamides is 1. The topological polar surface area (TPSA) is 66.5 Å². The minimum absolute atomic E-state index is 0.165. The van der Waals surface area contributed by atoms with Crippen molar-refractivity contribution < 1.29 is 13.2 Å². The Morgan fingerprint density at radius 3 is 2.31 bits per heavy atom. The Hall–Kier alpha value is -0.900. The number of carbonyl (C=O) groups excluding carboxylic acids is 1. The Morgan fingerprint density at radius 1 is 1.10 bits per heavy atom. The van der Waals surface area contributed by atoms with E-state index < -0.39 is 10.0 Å². The smallest absolute Gasteiger partial charge is 0.243 e. The predicted octanol–water partition coefficient (Wildman–Crippen LogP) is 4.39. The predicted molar refractivity (Wildman–Crippen MR) is 124 cm³/mol. The van der Waals surface area contributed by atoms with Crippen molar-refractivity contribution in [3.8, 4) is 0 Å². The van der Waals surface area contributed by atoms with Crippen LogP contribution >= 0.6 is 46.7 Å². The number of halogens is 2. The van der Waals surface area contributed by atoms with Crippen molar-refractivity contribution in [2.24, 2.45) is 0 Å². The van der Waals surface area contributed by atoms with Gasteiger partial charge in [-0.2, -0.15) is 16.1 Å². The number of likely N-dealkylation sites (N-methyl/N-ethyl adjacent to an activating group) is 1. The molecule has 0 aromatic heterocycles. The first-order chi connectivity index (χ1) is 13.8. The first kappa shape index (κ1) is 24.4. The van der Waals surface area contributed by atoms with Crippen molar-refractivity contribution in [2.45, 2.75) is 15.5 Å². The molecule has 29 heavy (non-hydrogen) atoms. The van der Waals surface area contributed by atoms with Gasteiger partial charge in [-0.25, -0.2) is 8.42 Å². The van der Waals surface area contributed by atoms with Crippen molar-refractivity contribution in [3.63, 3.8) is 0 Å². The summed E-state index contributed by atoms with van der Waals surface area (Å²) in [5.41, 5.74) is 0.866. The fraction of sp³-hybridized carbons (Fsp3) is 0.316. The van der Waals surface area contributed by atoms with E-state index in [1.807, 2.05) is 6.26 Å². The second-order valence-corrected chi connectivity index (χ2v) is 10.9. The van der Waals surface area contributed by atoms with E-state index in [1.165, 1.54) is 18.8 Å². The maximum absolute atomic E-state index is 12.6. The minimum Gasteiger partial charge on any atom is -0.354 e. The van der Waals surface area contributed by atoms with Crippen molar-refractivity contribution >= 4 is 62.7 Å². The molecule has 2 aromatic rings. The van der Waals surface area contributed by atoms with Crippen molar-refractivity contribution in [2.75, 3.05) is 32.1 Å². The summed E-state index contributed by atoms with van der Waals surface area (Å²) in [6.07, 6.45) is 1.92. The first-order valence-corrected chi connectivity index (χ1v) is 13.2. The summed E-state index contributed by atoms with van der Waals surface area (Å²) in [6, 6.07) is 12.0. The second kappa shape index (κ2) is 11.5. The number of hydrogen-bond donors (Lipinski definition) is 1. The summed E-state index contributed by atoms with van der Waals surface area (Å²) in [5, 5.41) is 3.97. The van der Waals surface area contributed by atoms with E-state index in [4.69, 9.17) is 23.2 Å². The van der Waals surface area contributed by atoms with Crippen LogP contribution in [0, 0.1) is 0 Å². The van der Waals surface area contributed by atoms with Gasteiger partial charge < -0.3 is 5.32 Å². The van der Waals surface area contributed by atoms with E-state index >= 15 is 0 Å². The summed E-state index contributed by atoms with van der Waals surface area (Å²) in [4.78, 5) is 13.2. The highest BCUT2D eigenvalue weighted by Gasteiger charge is 2.22. The van der Waals surface area contributed by atoms with Crippen LogP contribution in [0.1, 0.15) is 5.56 Å². The summed E-state index contributed by atoms with van der Waals surface area (Å²) in [7, 11) is -2.32. The van der Waals surface area contributed by atoms with Gasteiger partial charge in [-0.3, -0.25) is 4.79 Å². The zero-order chi connectivity index (χ0) is 21.4. The van der Waals surface area contributed by atoms with Crippen molar-refractivity contribution in [1.29, 1.82) is 0 Å². The first-order valence-electron chi connectivity index (χ1n) is 8.63. The number of carbonyl (C=O) groups is 1. The van der Waals surface area contributed by atoms with Crippen LogP contribution in [0.3, 0.4) is 0 Å². The highest BCUT2D eigenvalue weighted by molar-refractivity contribution is 7.98. The summed E-state index contributed by atoms with van der Waals surface area (Å²) in [5.74, 6) is 0.933. The molecule has 0 fully saturated rings. The van der Waals surface area contributed by atoms with E-state index in [0.29, 0.717) is 28.1 Å². The molecule has 1 amide bonds. The Labute approximate surface area is 190 Å². The molecule has 2 aromatic carbocycles. The Kier molecular flexibility index (Phi) is 9.65.